The number of benzene rings is 1. The molecular weight excluding hydrogens is 199 g/mol. The summed E-state index contributed by atoms with van der Waals surface area (Å²) in [5, 5.41) is 11.3. The number of nitrogens with one attached hydrogen (secondary N) is 1. The van der Waals surface area contributed by atoms with Gasteiger partial charge in [0.15, 0.2) is 0 Å². The van der Waals surface area contributed by atoms with Crippen LogP contribution < -0.4 is 11.1 Å². The molecule has 82 valence electrons. The molecule has 1 aromatic carbocycles. The minimum atomic E-state index is -0.649. The quantitative estimate of drug-likeness (QED) is 0.602. The first-order chi connectivity index (χ1) is 7.15. The number of amides is 1. The molecule has 4 nitrogen and oxygen atoms in total. The topological polar surface area (TPSA) is 75.4 Å². The molecule has 0 fully saturated rings. The van der Waals surface area contributed by atoms with Gasteiger partial charge in [0.25, 0.3) is 0 Å². The van der Waals surface area contributed by atoms with Crippen LogP contribution in [0.4, 0.5) is 4.39 Å². The average Bonchev–Trinajstić information content (AvgIpc) is 2.20. The van der Waals surface area contributed by atoms with Crippen molar-refractivity contribution in [1.29, 1.82) is 0 Å². The van der Waals surface area contributed by atoms with E-state index >= 15 is 0 Å². The molecular formula is C10H13FN2O2. The third-order valence-electron chi connectivity index (χ3n) is 1.94. The first kappa shape index (κ1) is 11.6. The van der Waals surface area contributed by atoms with Crippen LogP contribution in [0.25, 0.3) is 0 Å². The number of rotatable bonds is 5. The Labute approximate surface area is 86.9 Å². The predicted octanol–water partition coefficient (Wildman–Crippen LogP) is 0.00650. The van der Waals surface area contributed by atoms with E-state index in [0.29, 0.717) is 18.7 Å². The van der Waals surface area contributed by atoms with Crippen molar-refractivity contribution in [3.63, 3.8) is 0 Å². The monoisotopic (exact) mass is 212 g/mol. The molecule has 0 aliphatic carbocycles. The summed E-state index contributed by atoms with van der Waals surface area (Å²) in [6.07, 6.45) is 0. The molecule has 5 heteroatoms. The third kappa shape index (κ3) is 3.30. The summed E-state index contributed by atoms with van der Waals surface area (Å²) in [5.74, 6) is -1.12. The Morgan fingerprint density at radius 2 is 2.27 bits per heavy atom. The second-order valence-electron chi connectivity index (χ2n) is 3.07. The van der Waals surface area contributed by atoms with Crippen LogP contribution in [-0.4, -0.2) is 24.2 Å². The highest BCUT2D eigenvalue weighted by Crippen LogP contribution is 2.09. The molecule has 0 aromatic heterocycles. The number of hydrogen-bond acceptors (Lipinski definition) is 3. The molecule has 1 rings (SSSR count). The van der Waals surface area contributed by atoms with Crippen molar-refractivity contribution < 1.29 is 14.3 Å². The molecule has 0 heterocycles. The minimum absolute atomic E-state index is 0.000981. The van der Waals surface area contributed by atoms with Crippen LogP contribution in [0.5, 0.6) is 0 Å². The Morgan fingerprint density at radius 1 is 1.53 bits per heavy atom. The van der Waals surface area contributed by atoms with Crippen LogP contribution >= 0.6 is 0 Å². The van der Waals surface area contributed by atoms with Crippen LogP contribution in [0.3, 0.4) is 0 Å². The average molecular weight is 212 g/mol. The van der Waals surface area contributed by atoms with Crippen molar-refractivity contribution in [2.75, 3.05) is 13.2 Å². The normalized spacial score (nSPS) is 10.3. The van der Waals surface area contributed by atoms with Crippen LogP contribution in [0.1, 0.15) is 15.9 Å². The summed E-state index contributed by atoms with van der Waals surface area (Å²) in [5.41, 5.74) is 5.59. The van der Waals surface area contributed by atoms with Gasteiger partial charge in [0.05, 0.1) is 6.61 Å². The number of nitrogens with two attached hydrogens (primary N) is 1. The Balaban J connectivity index is 2.70. The summed E-state index contributed by atoms with van der Waals surface area (Å²) < 4.78 is 13.3. The zero-order chi connectivity index (χ0) is 11.3. The Hall–Kier alpha value is -1.46. The van der Waals surface area contributed by atoms with Gasteiger partial charge in [-0.1, -0.05) is 6.07 Å². The molecule has 0 unspecified atom stereocenters. The van der Waals surface area contributed by atoms with Crippen molar-refractivity contribution in [3.8, 4) is 0 Å². The van der Waals surface area contributed by atoms with Crippen molar-refractivity contribution in [2.45, 2.75) is 6.54 Å². The fraction of sp³-hybridized carbons (Fsp3) is 0.300. The second-order valence-corrected chi connectivity index (χ2v) is 3.07. The minimum Gasteiger partial charge on any atom is -0.395 e. The lowest BCUT2D eigenvalue weighted by atomic mass is 10.1. The standard InChI is InChI=1S/C10H13FN2O2/c11-9-5-7(10(12)15)1-2-8(9)6-13-3-4-14/h1-2,5,13-14H,3-4,6H2,(H2,12,15). The van der Waals surface area contributed by atoms with Gasteiger partial charge in [0.2, 0.25) is 5.91 Å². The molecule has 1 amide bonds. The van der Waals surface area contributed by atoms with Gasteiger partial charge in [-0.15, -0.1) is 0 Å². The molecule has 0 atom stereocenters. The number of primary amides is 1. The van der Waals surface area contributed by atoms with E-state index < -0.39 is 11.7 Å². The lowest BCUT2D eigenvalue weighted by Crippen LogP contribution is -2.18. The molecule has 0 saturated carbocycles. The summed E-state index contributed by atoms with van der Waals surface area (Å²) >= 11 is 0. The van der Waals surface area contributed by atoms with Gasteiger partial charge in [-0.25, -0.2) is 4.39 Å². The molecule has 0 saturated heterocycles. The van der Waals surface area contributed by atoms with E-state index in [4.69, 9.17) is 10.8 Å². The highest BCUT2D eigenvalue weighted by atomic mass is 19.1. The number of carbonyl (C=O) groups is 1. The first-order valence-corrected chi connectivity index (χ1v) is 4.55. The van der Waals surface area contributed by atoms with Crippen LogP contribution in [0.15, 0.2) is 18.2 Å². The smallest absolute Gasteiger partial charge is 0.248 e. The summed E-state index contributed by atoms with van der Waals surface area (Å²) in [7, 11) is 0. The van der Waals surface area contributed by atoms with Crippen molar-refractivity contribution >= 4 is 5.91 Å². The van der Waals surface area contributed by atoms with E-state index in [2.05, 4.69) is 5.32 Å². The van der Waals surface area contributed by atoms with Crippen molar-refractivity contribution in [1.82, 2.24) is 5.32 Å². The molecule has 15 heavy (non-hydrogen) atoms. The SMILES string of the molecule is NC(=O)c1ccc(CNCCO)c(F)c1. The van der Waals surface area contributed by atoms with Crippen LogP contribution in [0, 0.1) is 5.82 Å². The third-order valence-corrected chi connectivity index (χ3v) is 1.94. The molecule has 4 N–H and O–H groups in total. The maximum absolute atomic E-state index is 13.3. The number of halogens is 1. The van der Waals surface area contributed by atoms with E-state index in [-0.39, 0.29) is 12.2 Å². The lowest BCUT2D eigenvalue weighted by molar-refractivity contribution is 0.1000. The fourth-order valence-electron chi connectivity index (χ4n) is 1.15. The maximum Gasteiger partial charge on any atom is 0.248 e. The molecule has 1 aromatic rings. The van der Waals surface area contributed by atoms with E-state index in [1.165, 1.54) is 12.1 Å². The summed E-state index contributed by atoms with van der Waals surface area (Å²) in [6.45, 7) is 0.712. The van der Waals surface area contributed by atoms with Gasteiger partial charge in [-0.05, 0) is 12.1 Å². The van der Waals surface area contributed by atoms with E-state index in [9.17, 15) is 9.18 Å². The van der Waals surface area contributed by atoms with Gasteiger partial charge < -0.3 is 16.2 Å². The predicted molar refractivity (Wildman–Crippen MR) is 53.7 cm³/mol. The Bertz CT molecular complexity index is 355. The lowest BCUT2D eigenvalue weighted by Gasteiger charge is -2.05. The number of carbonyl (C=O) groups excluding carboxylic acids is 1. The molecule has 0 bridgehead atoms. The maximum atomic E-state index is 13.3. The number of aliphatic hydroxyl groups is 1. The van der Waals surface area contributed by atoms with Gasteiger partial charge in [-0.2, -0.15) is 0 Å². The fourth-order valence-corrected chi connectivity index (χ4v) is 1.15. The molecule has 0 aliphatic rings. The van der Waals surface area contributed by atoms with E-state index in [1.54, 1.807) is 0 Å². The van der Waals surface area contributed by atoms with E-state index in [1.807, 2.05) is 0 Å². The zero-order valence-corrected chi connectivity index (χ0v) is 8.16. The number of hydrogen-bond donors (Lipinski definition) is 3. The first-order valence-electron chi connectivity index (χ1n) is 4.55. The largest absolute Gasteiger partial charge is 0.395 e. The van der Waals surface area contributed by atoms with E-state index in [0.717, 1.165) is 6.07 Å². The number of aliphatic hydroxyl groups excluding tert-OH is 1. The van der Waals surface area contributed by atoms with Gasteiger partial charge >= 0.3 is 0 Å². The second kappa shape index (κ2) is 5.43. The van der Waals surface area contributed by atoms with Crippen molar-refractivity contribution in [3.05, 3.63) is 35.1 Å². The van der Waals surface area contributed by atoms with Crippen molar-refractivity contribution in [2.24, 2.45) is 5.73 Å². The molecule has 0 spiro atoms. The highest BCUT2D eigenvalue weighted by Gasteiger charge is 2.06. The molecule has 0 radical (unpaired) electrons. The van der Waals surface area contributed by atoms with Gasteiger partial charge in [-0.3, -0.25) is 4.79 Å². The van der Waals surface area contributed by atoms with Gasteiger partial charge in [0, 0.05) is 24.2 Å². The van der Waals surface area contributed by atoms with Crippen LogP contribution in [-0.2, 0) is 6.54 Å². The summed E-state index contributed by atoms with van der Waals surface area (Å²) in [6, 6.07) is 4.08. The van der Waals surface area contributed by atoms with Gasteiger partial charge in [0.1, 0.15) is 5.82 Å². The highest BCUT2D eigenvalue weighted by molar-refractivity contribution is 5.92. The Kier molecular flexibility index (Phi) is 4.20. The molecule has 0 aliphatic heterocycles. The Morgan fingerprint density at radius 3 is 2.80 bits per heavy atom. The summed E-state index contributed by atoms with van der Waals surface area (Å²) in [4.78, 5) is 10.7. The zero-order valence-electron chi connectivity index (χ0n) is 8.16. The van der Waals surface area contributed by atoms with Crippen LogP contribution in [0.2, 0.25) is 0 Å².